The minimum atomic E-state index is -0.995. The van der Waals surface area contributed by atoms with Gasteiger partial charge < -0.3 is 9.52 Å². The van der Waals surface area contributed by atoms with Crippen molar-refractivity contribution in [2.24, 2.45) is 0 Å². The van der Waals surface area contributed by atoms with Crippen LogP contribution in [0.4, 0.5) is 0 Å². The summed E-state index contributed by atoms with van der Waals surface area (Å²) < 4.78 is 4.71. The number of aliphatic carboxylic acids is 1. The van der Waals surface area contributed by atoms with Crippen LogP contribution in [-0.4, -0.2) is 11.1 Å². The summed E-state index contributed by atoms with van der Waals surface area (Å²) in [6, 6.07) is 3.21. The number of hydrogen-bond donors (Lipinski definition) is 1. The van der Waals surface area contributed by atoms with Gasteiger partial charge in [-0.3, -0.25) is 4.79 Å². The maximum atomic E-state index is 9.95. The molecule has 9 heavy (non-hydrogen) atoms. The van der Waals surface area contributed by atoms with Crippen LogP contribution in [0.1, 0.15) is 5.76 Å². The van der Waals surface area contributed by atoms with Gasteiger partial charge in [-0.15, -0.1) is 0 Å². The first-order chi connectivity index (χ1) is 4.29. The first kappa shape index (κ1) is 5.88. The first-order valence-corrected chi connectivity index (χ1v) is 2.40. The predicted molar refractivity (Wildman–Crippen MR) is 29.7 cm³/mol. The van der Waals surface area contributed by atoms with Crippen LogP contribution in [0.15, 0.2) is 22.8 Å². The standard InChI is InChI=1S/C6H5O3/c7-6(8)4-5-2-1-3-9-5/h1-4H,(H,7,8). The number of carboxylic acid groups (broad SMARTS) is 1. The van der Waals surface area contributed by atoms with Crippen LogP contribution in [0.3, 0.4) is 0 Å². The molecule has 0 saturated heterocycles. The van der Waals surface area contributed by atoms with Gasteiger partial charge in [-0.05, 0) is 12.1 Å². The summed E-state index contributed by atoms with van der Waals surface area (Å²) in [5.74, 6) is -0.632. The average molecular weight is 125 g/mol. The van der Waals surface area contributed by atoms with Crippen molar-refractivity contribution in [2.45, 2.75) is 0 Å². The highest BCUT2D eigenvalue weighted by Crippen LogP contribution is 2.01. The number of carboxylic acids is 1. The molecule has 0 aliphatic heterocycles. The second-order valence-corrected chi connectivity index (χ2v) is 1.50. The maximum absolute atomic E-state index is 9.95. The van der Waals surface area contributed by atoms with E-state index in [1.54, 1.807) is 12.1 Å². The van der Waals surface area contributed by atoms with Crippen LogP contribution in [0.5, 0.6) is 0 Å². The van der Waals surface area contributed by atoms with E-state index in [-0.39, 0.29) is 0 Å². The molecule has 0 spiro atoms. The molecule has 0 saturated carbocycles. The summed E-state index contributed by atoms with van der Waals surface area (Å²) in [6.07, 6.45) is 2.43. The molecule has 0 bridgehead atoms. The van der Waals surface area contributed by atoms with E-state index in [0.717, 1.165) is 6.42 Å². The van der Waals surface area contributed by atoms with E-state index < -0.39 is 5.97 Å². The predicted octanol–water partition coefficient (Wildman–Crippen LogP) is 0.917. The van der Waals surface area contributed by atoms with E-state index in [2.05, 4.69) is 0 Å². The molecule has 1 aromatic rings. The number of rotatable bonds is 2. The molecule has 0 amide bonds. The van der Waals surface area contributed by atoms with Gasteiger partial charge in [0.05, 0.1) is 6.26 Å². The summed E-state index contributed by atoms with van der Waals surface area (Å²) in [4.78, 5) is 9.95. The van der Waals surface area contributed by atoms with Gasteiger partial charge in [-0.25, -0.2) is 0 Å². The smallest absolute Gasteiger partial charge is 0.315 e. The van der Waals surface area contributed by atoms with Crippen molar-refractivity contribution in [2.75, 3.05) is 0 Å². The van der Waals surface area contributed by atoms with Crippen LogP contribution in [0.25, 0.3) is 0 Å². The van der Waals surface area contributed by atoms with Gasteiger partial charge in [0.2, 0.25) is 0 Å². The third-order valence-corrected chi connectivity index (χ3v) is 0.809. The average Bonchev–Trinajstić information content (AvgIpc) is 2.15. The van der Waals surface area contributed by atoms with Gasteiger partial charge in [-0.2, -0.15) is 0 Å². The Morgan fingerprint density at radius 3 is 3.00 bits per heavy atom. The van der Waals surface area contributed by atoms with Crippen molar-refractivity contribution in [1.82, 2.24) is 0 Å². The van der Waals surface area contributed by atoms with Gasteiger partial charge in [0, 0.05) is 0 Å². The lowest BCUT2D eigenvalue weighted by Crippen LogP contribution is -1.94. The third kappa shape index (κ3) is 1.60. The zero-order valence-electron chi connectivity index (χ0n) is 4.57. The lowest BCUT2D eigenvalue weighted by molar-refractivity contribution is -0.132. The Kier molecular flexibility index (Phi) is 1.53. The fraction of sp³-hybridized carbons (Fsp3) is 0. The summed E-state index contributed by atoms with van der Waals surface area (Å²) in [7, 11) is 0. The molecule has 1 aromatic heterocycles. The lowest BCUT2D eigenvalue weighted by atomic mass is 10.3. The van der Waals surface area contributed by atoms with E-state index in [4.69, 9.17) is 9.52 Å². The lowest BCUT2D eigenvalue weighted by Gasteiger charge is -1.84. The third-order valence-electron chi connectivity index (χ3n) is 0.809. The minimum Gasteiger partial charge on any atom is -0.481 e. The summed E-state index contributed by atoms with van der Waals surface area (Å²) in [6.45, 7) is 0. The number of furan rings is 1. The summed E-state index contributed by atoms with van der Waals surface area (Å²) in [5, 5.41) is 8.17. The Hall–Kier alpha value is -1.25. The van der Waals surface area contributed by atoms with Crippen molar-refractivity contribution in [3.05, 3.63) is 30.6 Å². The van der Waals surface area contributed by atoms with E-state index in [1.807, 2.05) is 0 Å². The van der Waals surface area contributed by atoms with Gasteiger partial charge in [0.25, 0.3) is 0 Å². The number of hydrogen-bond acceptors (Lipinski definition) is 2. The second-order valence-electron chi connectivity index (χ2n) is 1.50. The molecule has 1 heterocycles. The van der Waals surface area contributed by atoms with Crippen molar-refractivity contribution in [3.8, 4) is 0 Å². The van der Waals surface area contributed by atoms with Gasteiger partial charge in [0.1, 0.15) is 12.2 Å². The molecule has 0 unspecified atom stereocenters. The van der Waals surface area contributed by atoms with Crippen molar-refractivity contribution >= 4 is 5.97 Å². The van der Waals surface area contributed by atoms with Crippen LogP contribution in [-0.2, 0) is 4.79 Å². The quantitative estimate of drug-likeness (QED) is 0.639. The second kappa shape index (κ2) is 2.35. The van der Waals surface area contributed by atoms with E-state index in [0.29, 0.717) is 5.76 Å². The molecule has 0 aliphatic carbocycles. The van der Waals surface area contributed by atoms with Gasteiger partial charge in [0.15, 0.2) is 0 Å². The molecular formula is C6H5O3. The topological polar surface area (TPSA) is 50.4 Å². The Morgan fingerprint density at radius 1 is 1.78 bits per heavy atom. The SMILES string of the molecule is O=C(O)[CH]c1ccco1. The molecule has 0 atom stereocenters. The normalized spacial score (nSPS) is 9.33. The largest absolute Gasteiger partial charge is 0.481 e. The summed E-state index contributed by atoms with van der Waals surface area (Å²) >= 11 is 0. The molecule has 0 fully saturated rings. The van der Waals surface area contributed by atoms with Gasteiger partial charge in [-0.1, -0.05) is 0 Å². The molecular weight excluding hydrogens is 120 g/mol. The zero-order chi connectivity index (χ0) is 6.69. The molecule has 3 nitrogen and oxygen atoms in total. The molecule has 1 rings (SSSR count). The van der Waals surface area contributed by atoms with Crippen LogP contribution >= 0.6 is 0 Å². The van der Waals surface area contributed by atoms with Crippen molar-refractivity contribution in [1.29, 1.82) is 0 Å². The van der Waals surface area contributed by atoms with Crippen LogP contribution in [0, 0.1) is 6.42 Å². The molecule has 0 aromatic carbocycles. The highest BCUT2D eigenvalue weighted by atomic mass is 16.4. The highest BCUT2D eigenvalue weighted by molar-refractivity contribution is 5.80. The molecule has 1 radical (unpaired) electrons. The Labute approximate surface area is 51.9 Å². The molecule has 1 N–H and O–H groups in total. The maximum Gasteiger partial charge on any atom is 0.315 e. The molecule has 47 valence electrons. The monoisotopic (exact) mass is 125 g/mol. The van der Waals surface area contributed by atoms with Gasteiger partial charge >= 0.3 is 5.97 Å². The summed E-state index contributed by atoms with van der Waals surface area (Å²) in [5.41, 5.74) is 0. The first-order valence-electron chi connectivity index (χ1n) is 2.40. The van der Waals surface area contributed by atoms with Crippen LogP contribution < -0.4 is 0 Å². The van der Waals surface area contributed by atoms with E-state index in [1.165, 1.54) is 6.26 Å². The van der Waals surface area contributed by atoms with Crippen LogP contribution in [0.2, 0.25) is 0 Å². The molecule has 0 aliphatic rings. The van der Waals surface area contributed by atoms with E-state index >= 15 is 0 Å². The molecule has 3 heteroatoms. The minimum absolute atomic E-state index is 0.363. The Morgan fingerprint density at radius 2 is 2.56 bits per heavy atom. The fourth-order valence-corrected chi connectivity index (χ4v) is 0.495. The number of carbonyl (C=O) groups is 1. The zero-order valence-corrected chi connectivity index (χ0v) is 4.57. The fourth-order valence-electron chi connectivity index (χ4n) is 0.495. The van der Waals surface area contributed by atoms with Crippen molar-refractivity contribution < 1.29 is 14.3 Å². The Balaban J connectivity index is 2.58. The Bertz CT molecular complexity index is 188. The van der Waals surface area contributed by atoms with E-state index in [9.17, 15) is 4.79 Å². The van der Waals surface area contributed by atoms with Crippen molar-refractivity contribution in [3.63, 3.8) is 0 Å². The highest BCUT2D eigenvalue weighted by Gasteiger charge is 2.01.